The Morgan fingerprint density at radius 3 is 2.68 bits per heavy atom. The molecule has 1 atom stereocenters. The summed E-state index contributed by atoms with van der Waals surface area (Å²) in [6, 6.07) is 6.04. The van der Waals surface area contributed by atoms with E-state index in [1.54, 1.807) is 0 Å². The maximum atomic E-state index is 9.59. The lowest BCUT2D eigenvalue weighted by Crippen LogP contribution is -2.40. The van der Waals surface area contributed by atoms with Crippen molar-refractivity contribution < 1.29 is 14.3 Å². The second-order valence-electron chi connectivity index (χ2n) is 6.75. The number of hydrogen-bond donors (Lipinski definition) is 1. The van der Waals surface area contributed by atoms with Crippen LogP contribution in [0.15, 0.2) is 18.2 Å². The SMILES string of the molecule is CC(C)(C)[Si](C)(C)OCc1ccc2c(c1)CO[C@H]2O. The van der Waals surface area contributed by atoms with Gasteiger partial charge < -0.3 is 14.3 Å². The number of ether oxygens (including phenoxy) is 1. The van der Waals surface area contributed by atoms with Crippen LogP contribution >= 0.6 is 0 Å². The van der Waals surface area contributed by atoms with Crippen molar-refractivity contribution in [3.05, 3.63) is 34.9 Å². The maximum Gasteiger partial charge on any atom is 0.192 e. The number of hydrogen-bond acceptors (Lipinski definition) is 3. The van der Waals surface area contributed by atoms with Crippen LogP contribution < -0.4 is 0 Å². The van der Waals surface area contributed by atoms with E-state index in [9.17, 15) is 5.11 Å². The number of aliphatic hydroxyl groups is 1. The topological polar surface area (TPSA) is 38.7 Å². The zero-order valence-corrected chi connectivity index (χ0v) is 13.5. The molecule has 1 aromatic carbocycles. The van der Waals surface area contributed by atoms with Crippen molar-refractivity contribution in [2.24, 2.45) is 0 Å². The largest absolute Gasteiger partial charge is 0.413 e. The summed E-state index contributed by atoms with van der Waals surface area (Å²) in [5.74, 6) is 0. The van der Waals surface area contributed by atoms with Crippen molar-refractivity contribution in [1.82, 2.24) is 0 Å². The Balaban J connectivity index is 2.06. The first kappa shape index (κ1) is 14.7. The van der Waals surface area contributed by atoms with Crippen LogP contribution in [0.2, 0.25) is 18.1 Å². The lowest BCUT2D eigenvalue weighted by Gasteiger charge is -2.36. The van der Waals surface area contributed by atoms with Crippen LogP contribution in [0.3, 0.4) is 0 Å². The fourth-order valence-corrected chi connectivity index (χ4v) is 2.81. The number of aliphatic hydroxyl groups excluding tert-OH is 1. The van der Waals surface area contributed by atoms with Crippen molar-refractivity contribution in [2.45, 2.75) is 58.4 Å². The van der Waals surface area contributed by atoms with Gasteiger partial charge in [-0.25, -0.2) is 0 Å². The molecule has 1 N–H and O–H groups in total. The third kappa shape index (κ3) is 3.08. The van der Waals surface area contributed by atoms with Gasteiger partial charge in [-0.2, -0.15) is 0 Å². The highest BCUT2D eigenvalue weighted by Crippen LogP contribution is 2.37. The minimum Gasteiger partial charge on any atom is -0.413 e. The highest BCUT2D eigenvalue weighted by atomic mass is 28.4. The molecule has 1 aliphatic heterocycles. The van der Waals surface area contributed by atoms with E-state index in [0.29, 0.717) is 13.2 Å². The molecule has 0 unspecified atom stereocenters. The molecule has 0 bridgehead atoms. The Bertz CT molecular complexity index is 463. The van der Waals surface area contributed by atoms with Crippen molar-refractivity contribution in [2.75, 3.05) is 0 Å². The van der Waals surface area contributed by atoms with Crippen LogP contribution in [0.1, 0.15) is 43.8 Å². The molecule has 1 aliphatic rings. The Morgan fingerprint density at radius 1 is 1.37 bits per heavy atom. The van der Waals surface area contributed by atoms with E-state index in [0.717, 1.165) is 16.7 Å². The summed E-state index contributed by atoms with van der Waals surface area (Å²) in [4.78, 5) is 0. The maximum absolute atomic E-state index is 9.59. The van der Waals surface area contributed by atoms with E-state index in [4.69, 9.17) is 9.16 Å². The standard InChI is InChI=1S/C15H24O3Si/c1-15(2,3)19(4,5)18-9-11-6-7-13-12(8-11)10-17-14(13)16/h6-8,14,16H,9-10H2,1-5H3/t14-/m1/s1. The summed E-state index contributed by atoms with van der Waals surface area (Å²) in [5.41, 5.74) is 3.11. The van der Waals surface area contributed by atoms with Gasteiger partial charge in [0.25, 0.3) is 0 Å². The molecule has 4 heteroatoms. The predicted molar refractivity (Wildman–Crippen MR) is 78.2 cm³/mol. The number of benzene rings is 1. The van der Waals surface area contributed by atoms with Crippen LogP contribution in [0, 0.1) is 0 Å². The lowest BCUT2D eigenvalue weighted by molar-refractivity contribution is -0.0918. The monoisotopic (exact) mass is 280 g/mol. The summed E-state index contributed by atoms with van der Waals surface area (Å²) in [7, 11) is -1.71. The van der Waals surface area contributed by atoms with Crippen molar-refractivity contribution in [1.29, 1.82) is 0 Å². The zero-order valence-electron chi connectivity index (χ0n) is 12.5. The second kappa shape index (κ2) is 5.02. The highest BCUT2D eigenvalue weighted by molar-refractivity contribution is 6.74. The molecule has 0 amide bonds. The molecule has 106 valence electrons. The van der Waals surface area contributed by atoms with Crippen LogP contribution in [-0.2, 0) is 22.4 Å². The molecule has 1 heterocycles. The molecule has 0 fully saturated rings. The van der Waals surface area contributed by atoms with Gasteiger partial charge in [-0.15, -0.1) is 0 Å². The summed E-state index contributed by atoms with van der Waals surface area (Å²) in [5, 5.41) is 9.82. The van der Waals surface area contributed by atoms with Gasteiger partial charge in [0.2, 0.25) is 0 Å². The van der Waals surface area contributed by atoms with E-state index in [-0.39, 0.29) is 5.04 Å². The Morgan fingerprint density at radius 2 is 2.05 bits per heavy atom. The lowest BCUT2D eigenvalue weighted by atomic mass is 10.1. The van der Waals surface area contributed by atoms with Gasteiger partial charge in [-0.3, -0.25) is 0 Å². The number of rotatable bonds is 3. The van der Waals surface area contributed by atoms with E-state index in [1.807, 2.05) is 12.1 Å². The third-order valence-corrected chi connectivity index (χ3v) is 8.75. The average Bonchev–Trinajstić information content (AvgIpc) is 2.67. The first-order chi connectivity index (χ1) is 8.71. The molecule has 0 spiro atoms. The van der Waals surface area contributed by atoms with Crippen LogP contribution in [-0.4, -0.2) is 13.4 Å². The molecule has 0 aliphatic carbocycles. The van der Waals surface area contributed by atoms with Gasteiger partial charge in [0, 0.05) is 5.56 Å². The molecule has 2 rings (SSSR count). The van der Waals surface area contributed by atoms with Crippen LogP contribution in [0.5, 0.6) is 0 Å². The van der Waals surface area contributed by atoms with E-state index < -0.39 is 14.6 Å². The normalized spacial score (nSPS) is 19.6. The molecule has 1 aromatic rings. The van der Waals surface area contributed by atoms with Crippen molar-refractivity contribution in [3.8, 4) is 0 Å². The minimum absolute atomic E-state index is 0.225. The van der Waals surface area contributed by atoms with Gasteiger partial charge in [-0.05, 0) is 29.3 Å². The van der Waals surface area contributed by atoms with Gasteiger partial charge in [0.1, 0.15) is 0 Å². The van der Waals surface area contributed by atoms with Gasteiger partial charge in [0.15, 0.2) is 14.6 Å². The van der Waals surface area contributed by atoms with Crippen LogP contribution in [0.4, 0.5) is 0 Å². The smallest absolute Gasteiger partial charge is 0.192 e. The van der Waals surface area contributed by atoms with E-state index in [1.165, 1.54) is 0 Å². The molecule has 0 aromatic heterocycles. The Labute approximate surface area is 116 Å². The predicted octanol–water partition coefficient (Wildman–Crippen LogP) is 3.73. The quantitative estimate of drug-likeness (QED) is 0.857. The first-order valence-corrected chi connectivity index (χ1v) is 9.67. The Hall–Kier alpha value is -0.683. The van der Waals surface area contributed by atoms with Crippen LogP contribution in [0.25, 0.3) is 0 Å². The summed E-state index contributed by atoms with van der Waals surface area (Å²) >= 11 is 0. The second-order valence-corrected chi connectivity index (χ2v) is 11.6. The minimum atomic E-state index is -1.71. The molecule has 0 radical (unpaired) electrons. The Kier molecular flexibility index (Phi) is 3.89. The number of fused-ring (bicyclic) bond motifs is 1. The fraction of sp³-hybridized carbons (Fsp3) is 0.600. The molecule has 0 saturated carbocycles. The van der Waals surface area contributed by atoms with Gasteiger partial charge in [-0.1, -0.05) is 39.0 Å². The van der Waals surface area contributed by atoms with Gasteiger partial charge >= 0.3 is 0 Å². The van der Waals surface area contributed by atoms with E-state index in [2.05, 4.69) is 39.9 Å². The van der Waals surface area contributed by atoms with Crippen molar-refractivity contribution in [3.63, 3.8) is 0 Å². The molecular weight excluding hydrogens is 256 g/mol. The van der Waals surface area contributed by atoms with Crippen molar-refractivity contribution >= 4 is 8.32 Å². The summed E-state index contributed by atoms with van der Waals surface area (Å²) < 4.78 is 11.4. The highest BCUT2D eigenvalue weighted by Gasteiger charge is 2.37. The molecule has 3 nitrogen and oxygen atoms in total. The first-order valence-electron chi connectivity index (χ1n) is 6.76. The average molecular weight is 280 g/mol. The summed E-state index contributed by atoms with van der Waals surface area (Å²) in [6.07, 6.45) is -0.759. The van der Waals surface area contributed by atoms with E-state index >= 15 is 0 Å². The summed E-state index contributed by atoms with van der Waals surface area (Å²) in [6.45, 7) is 12.4. The fourth-order valence-electron chi connectivity index (χ4n) is 1.85. The molecule has 0 saturated heterocycles. The third-order valence-electron chi connectivity index (χ3n) is 4.28. The molecular formula is C15H24O3Si. The zero-order chi connectivity index (χ0) is 14.3. The molecule has 19 heavy (non-hydrogen) atoms. The van der Waals surface area contributed by atoms with Gasteiger partial charge in [0.05, 0.1) is 13.2 Å².